The molecule has 1 amide bonds. The molecule has 2 nitrogen and oxygen atoms in total. The van der Waals surface area contributed by atoms with Gasteiger partial charge in [0.25, 0.3) is 0 Å². The molecule has 0 aliphatic carbocycles. The van der Waals surface area contributed by atoms with Gasteiger partial charge in [-0.2, -0.15) is 0 Å². The van der Waals surface area contributed by atoms with E-state index in [1.807, 2.05) is 74.5 Å². The smallest absolute Gasteiger partial charge is 0.234 e. The fraction of sp³-hybridized carbons (Fsp3) is 0.235. The molecule has 2 aromatic rings. The molecule has 0 spiro atoms. The van der Waals surface area contributed by atoms with Crippen LogP contribution in [-0.4, -0.2) is 5.91 Å². The lowest BCUT2D eigenvalue weighted by molar-refractivity contribution is -0.121. The zero-order chi connectivity index (χ0) is 13.7. The number of carbonyl (C=O) groups excluding carboxylic acids is 1. The van der Waals surface area contributed by atoms with Gasteiger partial charge in [-0.3, -0.25) is 9.69 Å². The highest BCUT2D eigenvalue weighted by Crippen LogP contribution is 2.27. The molecule has 1 atom stereocenters. The fourth-order valence-electron chi connectivity index (χ4n) is 1.95. The molecule has 2 heteroatoms. The van der Waals surface area contributed by atoms with Gasteiger partial charge in [0.15, 0.2) is 0 Å². The van der Waals surface area contributed by atoms with E-state index in [-0.39, 0.29) is 11.8 Å². The van der Waals surface area contributed by atoms with Crippen molar-refractivity contribution in [1.82, 2.24) is 0 Å². The van der Waals surface area contributed by atoms with Crippen molar-refractivity contribution in [3.8, 4) is 0 Å². The molecule has 0 N–H and O–H groups in total. The Kier molecular flexibility index (Phi) is 4.35. The van der Waals surface area contributed by atoms with Crippen LogP contribution in [0.25, 0.3) is 0 Å². The summed E-state index contributed by atoms with van der Waals surface area (Å²) in [5.74, 6) is 0.153. The van der Waals surface area contributed by atoms with E-state index in [4.69, 9.17) is 0 Å². The number of rotatable bonds is 4. The average molecular weight is 253 g/mol. The van der Waals surface area contributed by atoms with E-state index < -0.39 is 0 Å². The minimum Gasteiger partial charge on any atom is -0.281 e. The molecular weight excluding hydrogens is 234 g/mol. The summed E-state index contributed by atoms with van der Waals surface area (Å²) < 4.78 is 0. The highest BCUT2D eigenvalue weighted by molar-refractivity contribution is 6.01. The lowest BCUT2D eigenvalue weighted by Gasteiger charge is -2.25. The van der Waals surface area contributed by atoms with Gasteiger partial charge in [0.2, 0.25) is 5.91 Å². The molecule has 98 valence electrons. The van der Waals surface area contributed by atoms with Crippen LogP contribution >= 0.6 is 0 Å². The van der Waals surface area contributed by atoms with Crippen molar-refractivity contribution in [2.24, 2.45) is 5.92 Å². The van der Waals surface area contributed by atoms with Crippen LogP contribution in [0.5, 0.6) is 0 Å². The van der Waals surface area contributed by atoms with Crippen LogP contribution in [0.1, 0.15) is 20.3 Å². The van der Waals surface area contributed by atoms with Crippen LogP contribution < -0.4 is 4.90 Å². The SMILES string of the molecule is CCC(C)C(=O)N(c1ccccc1)c1ccccc1. The fourth-order valence-corrected chi connectivity index (χ4v) is 1.95. The maximum Gasteiger partial charge on any atom is 0.234 e. The first-order chi connectivity index (χ1) is 9.24. The molecular formula is C17H19NO. The van der Waals surface area contributed by atoms with E-state index >= 15 is 0 Å². The number of para-hydroxylation sites is 2. The predicted octanol–water partition coefficient (Wildman–Crippen LogP) is 4.40. The van der Waals surface area contributed by atoms with Gasteiger partial charge in [0.1, 0.15) is 0 Å². The standard InChI is InChI=1S/C17H19NO/c1-3-14(2)17(19)18(15-10-6-4-7-11-15)16-12-8-5-9-13-16/h4-14H,3H2,1-2H3. The number of hydrogen-bond acceptors (Lipinski definition) is 1. The number of benzene rings is 2. The molecule has 0 radical (unpaired) electrons. The lowest BCUT2D eigenvalue weighted by atomic mass is 10.1. The number of carbonyl (C=O) groups is 1. The molecule has 2 aromatic carbocycles. The van der Waals surface area contributed by atoms with E-state index in [9.17, 15) is 4.79 Å². The minimum absolute atomic E-state index is 0.0143. The quantitative estimate of drug-likeness (QED) is 0.791. The molecule has 0 aliphatic heterocycles. The summed E-state index contributed by atoms with van der Waals surface area (Å²) in [6.07, 6.45) is 0.842. The van der Waals surface area contributed by atoms with Crippen LogP contribution in [0.4, 0.5) is 11.4 Å². The Morgan fingerprint density at radius 2 is 1.37 bits per heavy atom. The van der Waals surface area contributed by atoms with Crippen molar-refractivity contribution in [3.63, 3.8) is 0 Å². The minimum atomic E-state index is 0.0143. The predicted molar refractivity (Wildman–Crippen MR) is 79.5 cm³/mol. The number of hydrogen-bond donors (Lipinski definition) is 0. The molecule has 0 saturated heterocycles. The highest BCUT2D eigenvalue weighted by atomic mass is 16.2. The molecule has 19 heavy (non-hydrogen) atoms. The normalized spacial score (nSPS) is 11.9. The van der Waals surface area contributed by atoms with Crippen LogP contribution in [-0.2, 0) is 4.79 Å². The van der Waals surface area contributed by atoms with Gasteiger partial charge in [0.05, 0.1) is 0 Å². The third kappa shape index (κ3) is 3.02. The third-order valence-electron chi connectivity index (χ3n) is 3.28. The maximum absolute atomic E-state index is 12.6. The lowest BCUT2D eigenvalue weighted by Crippen LogP contribution is -2.30. The first-order valence-corrected chi connectivity index (χ1v) is 6.68. The first kappa shape index (κ1) is 13.3. The molecule has 0 heterocycles. The second kappa shape index (κ2) is 6.19. The third-order valence-corrected chi connectivity index (χ3v) is 3.28. The van der Waals surface area contributed by atoms with Crippen molar-refractivity contribution < 1.29 is 4.79 Å². The molecule has 0 saturated carbocycles. The molecule has 0 bridgehead atoms. The van der Waals surface area contributed by atoms with Crippen LogP contribution in [0, 0.1) is 5.92 Å². The zero-order valence-corrected chi connectivity index (χ0v) is 11.4. The maximum atomic E-state index is 12.6. The van der Waals surface area contributed by atoms with E-state index in [1.165, 1.54) is 0 Å². The molecule has 2 rings (SSSR count). The van der Waals surface area contributed by atoms with Gasteiger partial charge in [0, 0.05) is 17.3 Å². The van der Waals surface area contributed by atoms with Crippen molar-refractivity contribution in [2.75, 3.05) is 4.90 Å². The van der Waals surface area contributed by atoms with Crippen LogP contribution in [0.3, 0.4) is 0 Å². The highest BCUT2D eigenvalue weighted by Gasteiger charge is 2.21. The monoisotopic (exact) mass is 253 g/mol. The van der Waals surface area contributed by atoms with Gasteiger partial charge in [-0.25, -0.2) is 0 Å². The summed E-state index contributed by atoms with van der Waals surface area (Å²) in [4.78, 5) is 14.4. The molecule has 1 unspecified atom stereocenters. The second-order valence-electron chi connectivity index (χ2n) is 4.65. The summed E-state index contributed by atoms with van der Waals surface area (Å²) in [7, 11) is 0. The zero-order valence-electron chi connectivity index (χ0n) is 11.4. The number of nitrogens with zero attached hydrogens (tertiary/aromatic N) is 1. The Morgan fingerprint density at radius 1 is 0.947 bits per heavy atom. The largest absolute Gasteiger partial charge is 0.281 e. The van der Waals surface area contributed by atoms with Crippen molar-refractivity contribution in [2.45, 2.75) is 20.3 Å². The van der Waals surface area contributed by atoms with E-state index in [1.54, 1.807) is 4.90 Å². The van der Waals surface area contributed by atoms with Gasteiger partial charge in [-0.1, -0.05) is 50.2 Å². The van der Waals surface area contributed by atoms with Gasteiger partial charge >= 0.3 is 0 Å². The summed E-state index contributed by atoms with van der Waals surface area (Å²) >= 11 is 0. The van der Waals surface area contributed by atoms with Crippen LogP contribution in [0.15, 0.2) is 60.7 Å². The summed E-state index contributed by atoms with van der Waals surface area (Å²) in [5.41, 5.74) is 1.83. The Morgan fingerprint density at radius 3 is 1.74 bits per heavy atom. The molecule has 0 aliphatic rings. The van der Waals surface area contributed by atoms with Gasteiger partial charge in [-0.15, -0.1) is 0 Å². The van der Waals surface area contributed by atoms with Crippen molar-refractivity contribution in [1.29, 1.82) is 0 Å². The van der Waals surface area contributed by atoms with Gasteiger partial charge in [-0.05, 0) is 30.7 Å². The van der Waals surface area contributed by atoms with Crippen LogP contribution in [0.2, 0.25) is 0 Å². The molecule has 0 fully saturated rings. The summed E-state index contributed by atoms with van der Waals surface area (Å²) in [6.45, 7) is 4.01. The van der Waals surface area contributed by atoms with E-state index in [2.05, 4.69) is 0 Å². The Hall–Kier alpha value is -2.09. The second-order valence-corrected chi connectivity index (χ2v) is 4.65. The topological polar surface area (TPSA) is 20.3 Å². The summed E-state index contributed by atoms with van der Waals surface area (Å²) in [5, 5.41) is 0. The van der Waals surface area contributed by atoms with Crippen molar-refractivity contribution >= 4 is 17.3 Å². The van der Waals surface area contributed by atoms with Crippen molar-refractivity contribution in [3.05, 3.63) is 60.7 Å². The Labute approximate surface area is 114 Å². The number of anilines is 2. The van der Waals surface area contributed by atoms with E-state index in [0.717, 1.165) is 17.8 Å². The average Bonchev–Trinajstić information content (AvgIpc) is 2.49. The van der Waals surface area contributed by atoms with Gasteiger partial charge < -0.3 is 0 Å². The number of amides is 1. The molecule has 0 aromatic heterocycles. The first-order valence-electron chi connectivity index (χ1n) is 6.68. The van der Waals surface area contributed by atoms with E-state index in [0.29, 0.717) is 0 Å². The Balaban J connectivity index is 2.43. The summed E-state index contributed by atoms with van der Waals surface area (Å²) in [6, 6.07) is 19.6. The Bertz CT molecular complexity index is 482.